The molecule has 0 aliphatic heterocycles. The maximum atomic E-state index is 11.4. The maximum absolute atomic E-state index is 11.4. The third-order valence-corrected chi connectivity index (χ3v) is 4.94. The van der Waals surface area contributed by atoms with Gasteiger partial charge in [0.25, 0.3) is 0 Å². The number of nitrogens with one attached hydrogen (secondary N) is 1. The minimum atomic E-state index is -0.848. The lowest BCUT2D eigenvalue weighted by Gasteiger charge is -2.15. The first-order valence-electron chi connectivity index (χ1n) is 6.80. The molecular formula is C14H19N3O2S2. The van der Waals surface area contributed by atoms with Crippen molar-refractivity contribution in [1.82, 2.24) is 9.97 Å². The summed E-state index contributed by atoms with van der Waals surface area (Å²) < 4.78 is 0. The number of fused-ring (bicyclic) bond motifs is 1. The lowest BCUT2D eigenvalue weighted by molar-refractivity contribution is -0.137. The Morgan fingerprint density at radius 2 is 2.29 bits per heavy atom. The summed E-state index contributed by atoms with van der Waals surface area (Å²) in [5.41, 5.74) is 0. The van der Waals surface area contributed by atoms with Crippen molar-refractivity contribution in [2.45, 2.75) is 32.7 Å². The Labute approximate surface area is 132 Å². The number of rotatable bonds is 7. The number of hydrogen-bond donors (Lipinski definition) is 2. The largest absolute Gasteiger partial charge is 0.480 e. The van der Waals surface area contributed by atoms with E-state index in [1.807, 2.05) is 13.2 Å². The highest BCUT2D eigenvalue weighted by atomic mass is 32.2. The molecule has 1 atom stereocenters. The van der Waals surface area contributed by atoms with Crippen LogP contribution in [0, 0.1) is 6.92 Å². The van der Waals surface area contributed by atoms with E-state index in [1.165, 1.54) is 4.88 Å². The van der Waals surface area contributed by atoms with Crippen molar-refractivity contribution in [3.05, 3.63) is 16.8 Å². The summed E-state index contributed by atoms with van der Waals surface area (Å²) in [7, 11) is 0. The van der Waals surface area contributed by atoms with Gasteiger partial charge in [0.15, 0.2) is 0 Å². The molecule has 2 N–H and O–H groups in total. The highest BCUT2D eigenvalue weighted by Gasteiger charge is 2.19. The van der Waals surface area contributed by atoms with Gasteiger partial charge in [-0.2, -0.15) is 11.8 Å². The fourth-order valence-corrected chi connectivity index (χ4v) is 3.50. The Kier molecular flexibility index (Phi) is 5.41. The van der Waals surface area contributed by atoms with Crippen LogP contribution in [0.2, 0.25) is 0 Å². The van der Waals surface area contributed by atoms with Crippen LogP contribution in [0.5, 0.6) is 0 Å². The van der Waals surface area contributed by atoms with Gasteiger partial charge in [-0.1, -0.05) is 6.92 Å². The quantitative estimate of drug-likeness (QED) is 0.814. The molecule has 0 amide bonds. The van der Waals surface area contributed by atoms with Gasteiger partial charge in [-0.05, 0) is 37.8 Å². The molecule has 5 nitrogen and oxygen atoms in total. The number of carboxylic acid groups (broad SMARTS) is 1. The van der Waals surface area contributed by atoms with Crippen LogP contribution >= 0.6 is 23.1 Å². The van der Waals surface area contributed by atoms with E-state index >= 15 is 0 Å². The van der Waals surface area contributed by atoms with Crippen molar-refractivity contribution in [1.29, 1.82) is 0 Å². The van der Waals surface area contributed by atoms with Crippen LogP contribution in [0.3, 0.4) is 0 Å². The number of aryl methyl sites for hydroxylation is 2. The van der Waals surface area contributed by atoms with E-state index in [0.29, 0.717) is 18.1 Å². The molecule has 0 aromatic carbocycles. The Morgan fingerprint density at radius 1 is 1.52 bits per heavy atom. The summed E-state index contributed by atoms with van der Waals surface area (Å²) in [6.45, 7) is 3.92. The van der Waals surface area contributed by atoms with Crippen LogP contribution in [0.25, 0.3) is 10.2 Å². The number of carboxylic acids is 1. The molecule has 0 spiro atoms. The summed E-state index contributed by atoms with van der Waals surface area (Å²) in [5, 5.41) is 13.3. The van der Waals surface area contributed by atoms with Crippen LogP contribution in [0.15, 0.2) is 6.07 Å². The van der Waals surface area contributed by atoms with Gasteiger partial charge in [-0.25, -0.2) is 14.8 Å². The van der Waals surface area contributed by atoms with E-state index in [4.69, 9.17) is 0 Å². The monoisotopic (exact) mass is 325 g/mol. The molecule has 7 heteroatoms. The molecule has 0 fully saturated rings. The number of aliphatic carboxylic acids is 1. The van der Waals surface area contributed by atoms with Crippen LogP contribution in [0.1, 0.15) is 24.0 Å². The highest BCUT2D eigenvalue weighted by molar-refractivity contribution is 7.98. The molecule has 114 valence electrons. The van der Waals surface area contributed by atoms with Gasteiger partial charge >= 0.3 is 5.97 Å². The van der Waals surface area contributed by atoms with Crippen molar-refractivity contribution in [3.8, 4) is 0 Å². The summed E-state index contributed by atoms with van der Waals surface area (Å²) in [6.07, 6.45) is 3.47. The number of carbonyl (C=O) groups is 1. The van der Waals surface area contributed by atoms with Crippen molar-refractivity contribution < 1.29 is 9.90 Å². The highest BCUT2D eigenvalue weighted by Crippen LogP contribution is 2.29. The number of nitrogens with zero attached hydrogens (tertiary/aromatic N) is 2. The van der Waals surface area contributed by atoms with Crippen molar-refractivity contribution >= 4 is 45.1 Å². The van der Waals surface area contributed by atoms with Gasteiger partial charge in [0.05, 0.1) is 5.39 Å². The number of thioether (sulfide) groups is 1. The zero-order chi connectivity index (χ0) is 15.4. The minimum Gasteiger partial charge on any atom is -0.480 e. The molecule has 0 bridgehead atoms. The third-order valence-electron chi connectivity index (χ3n) is 3.12. The topological polar surface area (TPSA) is 75.1 Å². The molecule has 1 unspecified atom stereocenters. The van der Waals surface area contributed by atoms with Gasteiger partial charge in [0.1, 0.15) is 22.5 Å². The van der Waals surface area contributed by atoms with E-state index in [9.17, 15) is 9.90 Å². The molecule has 2 aromatic heterocycles. The average molecular weight is 325 g/mol. The fraction of sp³-hybridized carbons (Fsp3) is 0.500. The maximum Gasteiger partial charge on any atom is 0.326 e. The van der Waals surface area contributed by atoms with Crippen LogP contribution in [0.4, 0.5) is 5.82 Å². The first kappa shape index (κ1) is 16.0. The van der Waals surface area contributed by atoms with E-state index < -0.39 is 12.0 Å². The SMILES string of the molecule is CCc1cc2c(NC(CCSC)C(=O)O)nc(C)nc2s1. The van der Waals surface area contributed by atoms with Crippen LogP contribution in [-0.2, 0) is 11.2 Å². The molecule has 21 heavy (non-hydrogen) atoms. The van der Waals surface area contributed by atoms with Crippen LogP contribution < -0.4 is 5.32 Å². The zero-order valence-electron chi connectivity index (χ0n) is 12.3. The Bertz CT molecular complexity index is 642. The normalized spacial score (nSPS) is 12.5. The Morgan fingerprint density at radius 3 is 2.90 bits per heavy atom. The van der Waals surface area contributed by atoms with Gasteiger partial charge in [-0.15, -0.1) is 11.3 Å². The summed E-state index contributed by atoms with van der Waals surface area (Å²) in [4.78, 5) is 22.3. The Hall–Kier alpha value is -1.34. The molecule has 0 aliphatic carbocycles. The van der Waals surface area contributed by atoms with E-state index in [1.54, 1.807) is 23.1 Å². The second-order valence-corrected chi connectivity index (χ2v) is 6.82. The molecule has 0 radical (unpaired) electrons. The van der Waals surface area contributed by atoms with E-state index in [2.05, 4.69) is 28.3 Å². The predicted molar refractivity (Wildman–Crippen MR) is 89.6 cm³/mol. The summed E-state index contributed by atoms with van der Waals surface area (Å²) in [6, 6.07) is 1.43. The summed E-state index contributed by atoms with van der Waals surface area (Å²) in [5.74, 6) is 1.23. The second-order valence-electron chi connectivity index (χ2n) is 4.72. The molecule has 2 aromatic rings. The van der Waals surface area contributed by atoms with Crippen LogP contribution in [-0.4, -0.2) is 39.1 Å². The van der Waals surface area contributed by atoms with Crippen molar-refractivity contribution in [2.75, 3.05) is 17.3 Å². The molecule has 2 heterocycles. The molecule has 0 saturated carbocycles. The summed E-state index contributed by atoms with van der Waals surface area (Å²) >= 11 is 3.27. The predicted octanol–water partition coefficient (Wildman–Crippen LogP) is 3.18. The van der Waals surface area contributed by atoms with Gasteiger partial charge in [-0.3, -0.25) is 0 Å². The zero-order valence-corrected chi connectivity index (χ0v) is 14.0. The first-order chi connectivity index (χ1) is 10.0. The molecule has 0 aliphatic rings. The lowest BCUT2D eigenvalue weighted by Crippen LogP contribution is -2.30. The second kappa shape index (κ2) is 7.09. The fourth-order valence-electron chi connectivity index (χ4n) is 2.02. The Balaban J connectivity index is 2.35. The first-order valence-corrected chi connectivity index (χ1v) is 9.01. The van der Waals surface area contributed by atoms with Crippen molar-refractivity contribution in [2.24, 2.45) is 0 Å². The molecule has 2 rings (SSSR count). The number of anilines is 1. The standard InChI is InChI=1S/C14H19N3O2S2/c1-4-9-7-10-12(15-8(2)16-13(10)21-9)17-11(14(18)19)5-6-20-3/h7,11H,4-6H2,1-3H3,(H,18,19)(H,15,16,17). The average Bonchev–Trinajstić information content (AvgIpc) is 2.85. The van der Waals surface area contributed by atoms with Crippen molar-refractivity contribution in [3.63, 3.8) is 0 Å². The lowest BCUT2D eigenvalue weighted by atomic mass is 10.2. The van der Waals surface area contributed by atoms with E-state index in [0.717, 1.165) is 22.4 Å². The van der Waals surface area contributed by atoms with Gasteiger partial charge in [0.2, 0.25) is 0 Å². The minimum absolute atomic E-state index is 0.561. The van der Waals surface area contributed by atoms with Gasteiger partial charge < -0.3 is 10.4 Å². The van der Waals surface area contributed by atoms with E-state index in [-0.39, 0.29) is 0 Å². The smallest absolute Gasteiger partial charge is 0.326 e. The third kappa shape index (κ3) is 3.85. The molecule has 0 saturated heterocycles. The molecular weight excluding hydrogens is 306 g/mol. The number of hydrogen-bond acceptors (Lipinski definition) is 6. The van der Waals surface area contributed by atoms with Gasteiger partial charge in [0, 0.05) is 4.88 Å². The number of thiophene rings is 1. The number of aromatic nitrogens is 2.